The van der Waals surface area contributed by atoms with Crippen LogP contribution in [0, 0.1) is 0 Å². The monoisotopic (exact) mass is 313 g/mol. The second-order valence-corrected chi connectivity index (χ2v) is 6.07. The zero-order valence-corrected chi connectivity index (χ0v) is 11.9. The SMILES string of the molecule is O=C(Cl)c1ccc(S(=O)(=O)NCCc2ccccc2)o1. The van der Waals surface area contributed by atoms with Crippen molar-refractivity contribution < 1.29 is 17.6 Å². The number of rotatable bonds is 6. The van der Waals surface area contributed by atoms with Gasteiger partial charge in [0, 0.05) is 6.54 Å². The van der Waals surface area contributed by atoms with Gasteiger partial charge in [0.1, 0.15) is 0 Å². The minimum absolute atomic E-state index is 0.199. The first-order chi connectivity index (χ1) is 9.49. The Kier molecular flexibility index (Phi) is 4.59. The lowest BCUT2D eigenvalue weighted by Crippen LogP contribution is -2.25. The highest BCUT2D eigenvalue weighted by molar-refractivity contribution is 7.89. The van der Waals surface area contributed by atoms with E-state index in [9.17, 15) is 13.2 Å². The van der Waals surface area contributed by atoms with Crippen LogP contribution in [0.2, 0.25) is 0 Å². The Morgan fingerprint density at radius 2 is 1.85 bits per heavy atom. The summed E-state index contributed by atoms with van der Waals surface area (Å²) in [7, 11) is -3.77. The van der Waals surface area contributed by atoms with E-state index in [2.05, 4.69) is 4.72 Å². The molecule has 0 aliphatic heterocycles. The van der Waals surface area contributed by atoms with Crippen LogP contribution in [0.4, 0.5) is 0 Å². The molecule has 0 saturated carbocycles. The Morgan fingerprint density at radius 1 is 1.15 bits per heavy atom. The van der Waals surface area contributed by atoms with Crippen LogP contribution in [0.5, 0.6) is 0 Å². The topological polar surface area (TPSA) is 76.4 Å². The lowest BCUT2D eigenvalue weighted by molar-refractivity contribution is 0.105. The van der Waals surface area contributed by atoms with Crippen molar-refractivity contribution in [3.63, 3.8) is 0 Å². The van der Waals surface area contributed by atoms with Crippen molar-refractivity contribution in [2.24, 2.45) is 0 Å². The van der Waals surface area contributed by atoms with Gasteiger partial charge >= 0.3 is 0 Å². The second kappa shape index (κ2) is 6.21. The number of nitrogens with one attached hydrogen (secondary N) is 1. The highest BCUT2D eigenvalue weighted by atomic mass is 35.5. The molecule has 0 aliphatic carbocycles. The molecule has 0 aliphatic rings. The van der Waals surface area contributed by atoms with Crippen molar-refractivity contribution in [3.8, 4) is 0 Å². The van der Waals surface area contributed by atoms with Crippen molar-refractivity contribution in [1.82, 2.24) is 4.72 Å². The summed E-state index contributed by atoms with van der Waals surface area (Å²) in [5.41, 5.74) is 1.02. The number of carbonyl (C=O) groups is 1. The lowest BCUT2D eigenvalue weighted by atomic mass is 10.2. The lowest BCUT2D eigenvalue weighted by Gasteiger charge is -2.04. The Morgan fingerprint density at radius 3 is 2.45 bits per heavy atom. The first-order valence-electron chi connectivity index (χ1n) is 5.82. The van der Waals surface area contributed by atoms with Crippen molar-refractivity contribution in [3.05, 3.63) is 53.8 Å². The largest absolute Gasteiger partial charge is 0.439 e. The highest BCUT2D eigenvalue weighted by Crippen LogP contribution is 2.15. The van der Waals surface area contributed by atoms with E-state index in [0.29, 0.717) is 6.42 Å². The maximum absolute atomic E-state index is 11.9. The molecular formula is C13H12ClNO4S. The summed E-state index contributed by atoms with van der Waals surface area (Å²) in [4.78, 5) is 10.8. The summed E-state index contributed by atoms with van der Waals surface area (Å²) in [6, 6.07) is 11.9. The van der Waals surface area contributed by atoms with Crippen LogP contribution in [0.3, 0.4) is 0 Å². The van der Waals surface area contributed by atoms with E-state index in [4.69, 9.17) is 16.0 Å². The summed E-state index contributed by atoms with van der Waals surface area (Å²) in [6.07, 6.45) is 0.558. The maximum Gasteiger partial charge on any atom is 0.287 e. The molecule has 106 valence electrons. The van der Waals surface area contributed by atoms with Gasteiger partial charge in [-0.25, -0.2) is 13.1 Å². The number of benzene rings is 1. The average Bonchev–Trinajstić information content (AvgIpc) is 2.90. The third kappa shape index (κ3) is 3.69. The quantitative estimate of drug-likeness (QED) is 0.829. The first kappa shape index (κ1) is 14.8. The molecule has 0 saturated heterocycles. The molecule has 2 aromatic rings. The first-order valence-corrected chi connectivity index (χ1v) is 7.68. The van der Waals surface area contributed by atoms with E-state index in [-0.39, 0.29) is 17.4 Å². The summed E-state index contributed by atoms with van der Waals surface area (Å²) < 4.78 is 31.1. The van der Waals surface area contributed by atoms with Crippen LogP contribution >= 0.6 is 11.6 Å². The van der Waals surface area contributed by atoms with Crippen molar-refractivity contribution in [2.45, 2.75) is 11.5 Å². The molecular weight excluding hydrogens is 302 g/mol. The molecule has 1 N–H and O–H groups in total. The minimum atomic E-state index is -3.77. The van der Waals surface area contributed by atoms with Gasteiger partial charge in [-0.05, 0) is 35.7 Å². The van der Waals surface area contributed by atoms with E-state index >= 15 is 0 Å². The van der Waals surface area contributed by atoms with Crippen LogP contribution in [0.1, 0.15) is 16.1 Å². The summed E-state index contributed by atoms with van der Waals surface area (Å²) in [5, 5.41) is -1.16. The molecule has 1 aromatic carbocycles. The van der Waals surface area contributed by atoms with E-state index in [1.165, 1.54) is 12.1 Å². The van der Waals surface area contributed by atoms with Gasteiger partial charge in [-0.1, -0.05) is 30.3 Å². The predicted octanol–water partition coefficient (Wildman–Crippen LogP) is 2.18. The van der Waals surface area contributed by atoms with Gasteiger partial charge in [-0.2, -0.15) is 0 Å². The van der Waals surface area contributed by atoms with E-state index < -0.39 is 15.3 Å². The molecule has 0 bridgehead atoms. The number of halogens is 1. The number of sulfonamides is 1. The highest BCUT2D eigenvalue weighted by Gasteiger charge is 2.19. The fourth-order valence-electron chi connectivity index (χ4n) is 1.62. The van der Waals surface area contributed by atoms with Crippen molar-refractivity contribution in [1.29, 1.82) is 0 Å². The van der Waals surface area contributed by atoms with Crippen molar-refractivity contribution in [2.75, 3.05) is 6.54 Å². The predicted molar refractivity (Wildman–Crippen MR) is 74.2 cm³/mol. The van der Waals surface area contributed by atoms with Gasteiger partial charge in [-0.15, -0.1) is 0 Å². The van der Waals surface area contributed by atoms with E-state index in [0.717, 1.165) is 5.56 Å². The Bertz CT molecular complexity index is 694. The van der Waals surface area contributed by atoms with Gasteiger partial charge in [0.2, 0.25) is 5.09 Å². The molecule has 5 nitrogen and oxygen atoms in total. The normalized spacial score (nSPS) is 11.4. The molecule has 0 radical (unpaired) electrons. The molecule has 0 amide bonds. The molecule has 0 atom stereocenters. The van der Waals surface area contributed by atoms with Gasteiger partial charge < -0.3 is 4.42 Å². The zero-order valence-electron chi connectivity index (χ0n) is 10.4. The van der Waals surface area contributed by atoms with Crippen LogP contribution < -0.4 is 4.72 Å². The fourth-order valence-corrected chi connectivity index (χ4v) is 2.68. The van der Waals surface area contributed by atoms with Crippen LogP contribution in [-0.2, 0) is 16.4 Å². The van der Waals surface area contributed by atoms with Gasteiger partial charge in [0.25, 0.3) is 15.3 Å². The zero-order chi connectivity index (χ0) is 14.6. The molecule has 7 heteroatoms. The van der Waals surface area contributed by atoms with Gasteiger partial charge in [0.05, 0.1) is 0 Å². The van der Waals surface area contributed by atoms with Crippen molar-refractivity contribution >= 4 is 26.9 Å². The molecule has 1 heterocycles. The molecule has 0 spiro atoms. The number of hydrogen-bond donors (Lipinski definition) is 1. The summed E-state index contributed by atoms with van der Waals surface area (Å²) >= 11 is 5.20. The Labute approximate surface area is 121 Å². The minimum Gasteiger partial charge on any atom is -0.439 e. The summed E-state index contributed by atoms with van der Waals surface area (Å²) in [5.74, 6) is -0.199. The van der Waals surface area contributed by atoms with Crippen LogP contribution in [0.25, 0.3) is 0 Å². The standard InChI is InChI=1S/C13H12ClNO4S/c14-13(16)11-6-7-12(19-11)20(17,18)15-9-8-10-4-2-1-3-5-10/h1-7,15H,8-9H2. The van der Waals surface area contributed by atoms with Gasteiger partial charge in [0.15, 0.2) is 5.76 Å². The molecule has 0 unspecified atom stereocenters. The average molecular weight is 314 g/mol. The van der Waals surface area contributed by atoms with E-state index in [1.807, 2.05) is 30.3 Å². The number of carbonyl (C=O) groups excluding carboxylic acids is 1. The van der Waals surface area contributed by atoms with E-state index in [1.54, 1.807) is 0 Å². The summed E-state index contributed by atoms with van der Waals surface area (Å²) in [6.45, 7) is 0.233. The maximum atomic E-state index is 11.9. The molecule has 20 heavy (non-hydrogen) atoms. The molecule has 0 fully saturated rings. The molecule has 2 rings (SSSR count). The fraction of sp³-hybridized carbons (Fsp3) is 0.154. The second-order valence-electron chi connectivity index (χ2n) is 4.03. The number of furan rings is 1. The smallest absolute Gasteiger partial charge is 0.287 e. The number of hydrogen-bond acceptors (Lipinski definition) is 4. The Hall–Kier alpha value is -1.63. The Balaban J connectivity index is 1.98. The van der Waals surface area contributed by atoms with Gasteiger partial charge in [-0.3, -0.25) is 4.79 Å². The molecule has 1 aromatic heterocycles. The third-order valence-corrected chi connectivity index (χ3v) is 4.11. The third-order valence-electron chi connectivity index (χ3n) is 2.59. The van der Waals surface area contributed by atoms with Crippen LogP contribution in [-0.4, -0.2) is 20.2 Å². The van der Waals surface area contributed by atoms with Crippen LogP contribution in [0.15, 0.2) is 52.0 Å².